The summed E-state index contributed by atoms with van der Waals surface area (Å²) in [5.41, 5.74) is 0.790. The third kappa shape index (κ3) is 3.97. The van der Waals surface area contributed by atoms with E-state index in [4.69, 9.17) is 32.7 Å². The lowest BCUT2D eigenvalue weighted by molar-refractivity contribution is 0.0925. The van der Waals surface area contributed by atoms with Crippen molar-refractivity contribution in [3.63, 3.8) is 0 Å². The predicted octanol–water partition coefficient (Wildman–Crippen LogP) is 2.88. The van der Waals surface area contributed by atoms with Gasteiger partial charge in [0.1, 0.15) is 0 Å². The Morgan fingerprint density at radius 1 is 0.960 bits per heavy atom. The number of rotatable bonds is 5. The Morgan fingerprint density at radius 2 is 1.72 bits per heavy atom. The maximum absolute atomic E-state index is 12.2. The molecule has 0 aromatic heterocycles. The third-order valence-electron chi connectivity index (χ3n) is 3.52. The average molecular weight is 381 g/mol. The number of carbonyl (C=O) groups excluding carboxylic acids is 2. The van der Waals surface area contributed by atoms with Gasteiger partial charge in [0.25, 0.3) is 11.8 Å². The van der Waals surface area contributed by atoms with Crippen LogP contribution >= 0.6 is 23.2 Å². The Labute approximate surface area is 154 Å². The number of amides is 2. The van der Waals surface area contributed by atoms with Crippen LogP contribution in [0.3, 0.4) is 0 Å². The molecule has 6 nitrogen and oxygen atoms in total. The number of hydrogen-bond acceptors (Lipinski definition) is 4. The van der Waals surface area contributed by atoms with Gasteiger partial charge in [0.15, 0.2) is 11.5 Å². The standard InChI is InChI=1S/C17H14Cl2N2O4/c18-12-5-4-10(8-13(12)19)16(22)20-6-7-21-17(23)11-2-1-3-14-15(11)25-9-24-14/h1-5,8H,6-7,9H2,(H,20,22)(H,21,23). The number of carbonyl (C=O) groups is 2. The van der Waals surface area contributed by atoms with Crippen molar-refractivity contribution in [2.75, 3.05) is 19.9 Å². The molecule has 130 valence electrons. The fourth-order valence-electron chi connectivity index (χ4n) is 2.30. The van der Waals surface area contributed by atoms with E-state index in [-0.39, 0.29) is 31.7 Å². The second kappa shape index (κ2) is 7.63. The molecule has 0 atom stereocenters. The van der Waals surface area contributed by atoms with Crippen molar-refractivity contribution >= 4 is 35.0 Å². The summed E-state index contributed by atoms with van der Waals surface area (Å²) < 4.78 is 10.5. The smallest absolute Gasteiger partial charge is 0.255 e. The van der Waals surface area contributed by atoms with Crippen molar-refractivity contribution in [1.29, 1.82) is 0 Å². The summed E-state index contributed by atoms with van der Waals surface area (Å²) in [6.07, 6.45) is 0. The molecule has 1 aliphatic rings. The molecule has 2 aromatic rings. The van der Waals surface area contributed by atoms with E-state index in [1.807, 2.05) is 0 Å². The lowest BCUT2D eigenvalue weighted by Gasteiger charge is -2.09. The summed E-state index contributed by atoms with van der Waals surface area (Å²) in [5, 5.41) is 6.10. The number of halogens is 2. The highest BCUT2D eigenvalue weighted by atomic mass is 35.5. The molecule has 0 bridgehead atoms. The molecule has 0 spiro atoms. The van der Waals surface area contributed by atoms with Crippen LogP contribution in [-0.2, 0) is 0 Å². The van der Waals surface area contributed by atoms with Crippen LogP contribution in [-0.4, -0.2) is 31.7 Å². The SMILES string of the molecule is O=C(NCCNC(=O)c1cccc2c1OCO2)c1ccc(Cl)c(Cl)c1. The highest BCUT2D eigenvalue weighted by molar-refractivity contribution is 6.42. The molecular weight excluding hydrogens is 367 g/mol. The molecule has 0 saturated carbocycles. The van der Waals surface area contributed by atoms with E-state index in [1.54, 1.807) is 30.3 Å². The predicted molar refractivity (Wildman–Crippen MR) is 93.7 cm³/mol. The molecule has 8 heteroatoms. The lowest BCUT2D eigenvalue weighted by Crippen LogP contribution is -2.34. The molecular formula is C17H14Cl2N2O4. The highest BCUT2D eigenvalue weighted by Crippen LogP contribution is 2.35. The van der Waals surface area contributed by atoms with Crippen molar-refractivity contribution in [3.05, 3.63) is 57.6 Å². The van der Waals surface area contributed by atoms with Crippen molar-refractivity contribution in [2.24, 2.45) is 0 Å². The quantitative estimate of drug-likeness (QED) is 0.781. The Morgan fingerprint density at radius 3 is 2.48 bits per heavy atom. The third-order valence-corrected chi connectivity index (χ3v) is 4.26. The Balaban J connectivity index is 1.50. The Bertz CT molecular complexity index is 826. The molecule has 1 aliphatic heterocycles. The van der Waals surface area contributed by atoms with Gasteiger partial charge in [0.05, 0.1) is 15.6 Å². The van der Waals surface area contributed by atoms with Crippen molar-refractivity contribution in [2.45, 2.75) is 0 Å². The first kappa shape index (κ1) is 17.4. The number of fused-ring (bicyclic) bond motifs is 1. The van der Waals surface area contributed by atoms with Crippen LogP contribution in [0.2, 0.25) is 10.0 Å². The van der Waals surface area contributed by atoms with Gasteiger partial charge < -0.3 is 20.1 Å². The first-order valence-electron chi connectivity index (χ1n) is 7.46. The maximum Gasteiger partial charge on any atom is 0.255 e. The molecule has 3 rings (SSSR count). The van der Waals surface area contributed by atoms with Crippen LogP contribution in [0, 0.1) is 0 Å². The zero-order valence-electron chi connectivity index (χ0n) is 13.0. The van der Waals surface area contributed by atoms with Gasteiger partial charge in [-0.3, -0.25) is 9.59 Å². The van der Waals surface area contributed by atoms with E-state index in [1.165, 1.54) is 6.07 Å². The summed E-state index contributed by atoms with van der Waals surface area (Å²) in [5.74, 6) is 0.372. The van der Waals surface area contributed by atoms with Crippen molar-refractivity contribution in [3.8, 4) is 11.5 Å². The van der Waals surface area contributed by atoms with E-state index in [0.29, 0.717) is 32.7 Å². The van der Waals surface area contributed by atoms with Gasteiger partial charge in [-0.25, -0.2) is 0 Å². The fourth-order valence-corrected chi connectivity index (χ4v) is 2.59. The average Bonchev–Trinajstić information content (AvgIpc) is 3.09. The number of hydrogen-bond donors (Lipinski definition) is 2. The highest BCUT2D eigenvalue weighted by Gasteiger charge is 2.21. The molecule has 0 unspecified atom stereocenters. The zero-order chi connectivity index (χ0) is 17.8. The van der Waals surface area contributed by atoms with Crippen LogP contribution < -0.4 is 20.1 Å². The Kier molecular flexibility index (Phi) is 5.31. The normalized spacial score (nSPS) is 11.9. The molecule has 0 fully saturated rings. The van der Waals surface area contributed by atoms with Crippen molar-refractivity contribution in [1.82, 2.24) is 10.6 Å². The van der Waals surface area contributed by atoms with Crippen LogP contribution in [0.5, 0.6) is 11.5 Å². The molecule has 0 aliphatic carbocycles. The molecule has 2 N–H and O–H groups in total. The summed E-state index contributed by atoms with van der Waals surface area (Å²) in [6.45, 7) is 0.618. The summed E-state index contributed by atoms with van der Waals surface area (Å²) in [4.78, 5) is 24.2. The minimum Gasteiger partial charge on any atom is -0.454 e. The first-order chi connectivity index (χ1) is 12.1. The molecule has 1 heterocycles. The van der Waals surface area contributed by atoms with Crippen LogP contribution in [0.15, 0.2) is 36.4 Å². The number of nitrogens with one attached hydrogen (secondary N) is 2. The largest absolute Gasteiger partial charge is 0.454 e. The molecule has 0 radical (unpaired) electrons. The molecule has 2 aromatic carbocycles. The number of benzene rings is 2. The van der Waals surface area contributed by atoms with Gasteiger partial charge in [0.2, 0.25) is 6.79 Å². The van der Waals surface area contributed by atoms with Gasteiger partial charge in [-0.15, -0.1) is 0 Å². The van der Waals surface area contributed by atoms with Crippen molar-refractivity contribution < 1.29 is 19.1 Å². The van der Waals surface area contributed by atoms with Crippen LogP contribution in [0.1, 0.15) is 20.7 Å². The number of ether oxygens (including phenoxy) is 2. The van der Waals surface area contributed by atoms with Gasteiger partial charge >= 0.3 is 0 Å². The lowest BCUT2D eigenvalue weighted by atomic mass is 10.1. The Hall–Kier alpha value is -2.44. The van der Waals surface area contributed by atoms with E-state index >= 15 is 0 Å². The second-order valence-corrected chi connectivity index (χ2v) is 5.99. The summed E-state index contributed by atoms with van der Waals surface area (Å²) in [6, 6.07) is 9.72. The summed E-state index contributed by atoms with van der Waals surface area (Å²) in [7, 11) is 0. The molecule has 2 amide bonds. The topological polar surface area (TPSA) is 76.7 Å². The van der Waals surface area contributed by atoms with E-state index in [9.17, 15) is 9.59 Å². The molecule has 0 saturated heterocycles. The monoisotopic (exact) mass is 380 g/mol. The summed E-state index contributed by atoms with van der Waals surface area (Å²) >= 11 is 11.7. The number of para-hydroxylation sites is 1. The fraction of sp³-hybridized carbons (Fsp3) is 0.176. The van der Waals surface area contributed by atoms with Crippen LogP contribution in [0.25, 0.3) is 0 Å². The van der Waals surface area contributed by atoms with E-state index < -0.39 is 0 Å². The first-order valence-corrected chi connectivity index (χ1v) is 8.22. The minimum absolute atomic E-state index is 0.0966. The van der Waals surface area contributed by atoms with E-state index in [0.717, 1.165) is 0 Å². The van der Waals surface area contributed by atoms with E-state index in [2.05, 4.69) is 10.6 Å². The maximum atomic E-state index is 12.2. The second-order valence-electron chi connectivity index (χ2n) is 5.18. The van der Waals surface area contributed by atoms with Gasteiger partial charge in [0, 0.05) is 18.7 Å². The van der Waals surface area contributed by atoms with Gasteiger partial charge in [-0.1, -0.05) is 29.3 Å². The molecule has 25 heavy (non-hydrogen) atoms. The minimum atomic E-state index is -0.301. The van der Waals surface area contributed by atoms with Crippen LogP contribution in [0.4, 0.5) is 0 Å². The van der Waals surface area contributed by atoms with Gasteiger partial charge in [-0.05, 0) is 30.3 Å². The van der Waals surface area contributed by atoms with Gasteiger partial charge in [-0.2, -0.15) is 0 Å². The zero-order valence-corrected chi connectivity index (χ0v) is 14.5.